The molecule has 0 radical (unpaired) electrons. The van der Waals surface area contributed by atoms with Crippen LogP contribution in [0.4, 0.5) is 0 Å². The molecule has 0 saturated heterocycles. The lowest BCUT2D eigenvalue weighted by Crippen LogP contribution is -2.34. The average molecular weight is 558 g/mol. The van der Waals surface area contributed by atoms with Gasteiger partial charge in [-0.2, -0.15) is 0 Å². The number of ether oxygens (including phenoxy) is 1. The van der Waals surface area contributed by atoms with Gasteiger partial charge in [-0.1, -0.05) is 47.6 Å². The number of rotatable bonds is 9. The number of thiophene rings is 1. The summed E-state index contributed by atoms with van der Waals surface area (Å²) in [5.74, 6) is 0.867. The standard InChI is InChI=1S/C25H41BrO3SSi2/c1-22(2,3)31-28-24(7,8)20-12-11-18(27-15-19-13-17(26)16-30-19)14-21(20)25(9,10)29-32-23(4,5)6/h11-14,16H,15,31-32H2,1-10H3. The molecular weight excluding hydrogens is 516 g/mol. The first-order chi connectivity index (χ1) is 14.5. The Morgan fingerprint density at radius 3 is 1.78 bits per heavy atom. The Labute approximate surface area is 212 Å². The van der Waals surface area contributed by atoms with E-state index in [1.54, 1.807) is 11.3 Å². The fourth-order valence-corrected chi connectivity index (χ4v) is 6.43. The van der Waals surface area contributed by atoms with E-state index in [0.29, 0.717) is 6.61 Å². The Balaban J connectivity index is 2.38. The molecule has 32 heavy (non-hydrogen) atoms. The smallest absolute Gasteiger partial charge is 0.168 e. The van der Waals surface area contributed by atoms with Gasteiger partial charge in [0.15, 0.2) is 19.5 Å². The van der Waals surface area contributed by atoms with Gasteiger partial charge in [0.25, 0.3) is 0 Å². The summed E-state index contributed by atoms with van der Waals surface area (Å²) in [5, 5.41) is 2.55. The molecule has 1 aromatic heterocycles. The largest absolute Gasteiger partial charge is 0.488 e. The first kappa shape index (κ1) is 27.8. The molecule has 0 aliphatic heterocycles. The van der Waals surface area contributed by atoms with Crippen molar-refractivity contribution >= 4 is 46.8 Å². The van der Waals surface area contributed by atoms with Crippen LogP contribution in [0.3, 0.4) is 0 Å². The van der Waals surface area contributed by atoms with Crippen LogP contribution in [0.2, 0.25) is 10.1 Å². The maximum Gasteiger partial charge on any atom is 0.168 e. The maximum atomic E-state index is 6.62. The number of hydrogen-bond acceptors (Lipinski definition) is 4. The van der Waals surface area contributed by atoms with E-state index in [1.165, 1.54) is 10.4 Å². The molecule has 1 aromatic carbocycles. The van der Waals surface area contributed by atoms with Gasteiger partial charge in [-0.3, -0.25) is 0 Å². The predicted molar refractivity (Wildman–Crippen MR) is 148 cm³/mol. The number of halogens is 1. The Bertz CT molecular complexity index is 895. The van der Waals surface area contributed by atoms with Crippen molar-refractivity contribution in [3.8, 4) is 5.75 Å². The zero-order valence-electron chi connectivity index (χ0n) is 21.5. The van der Waals surface area contributed by atoms with Gasteiger partial charge in [0.2, 0.25) is 0 Å². The van der Waals surface area contributed by atoms with Crippen LogP contribution in [0.1, 0.15) is 85.2 Å². The third kappa shape index (κ3) is 8.72. The number of hydrogen-bond donors (Lipinski definition) is 0. The van der Waals surface area contributed by atoms with Crippen LogP contribution >= 0.6 is 27.3 Å². The normalized spacial score (nSPS) is 14.2. The topological polar surface area (TPSA) is 27.7 Å². The molecule has 0 amide bonds. The van der Waals surface area contributed by atoms with Gasteiger partial charge in [0, 0.05) is 14.7 Å². The van der Waals surface area contributed by atoms with E-state index in [-0.39, 0.29) is 15.7 Å². The van der Waals surface area contributed by atoms with Gasteiger partial charge in [0.05, 0.1) is 11.2 Å². The van der Waals surface area contributed by atoms with Crippen LogP contribution in [-0.4, -0.2) is 19.5 Å². The molecule has 180 valence electrons. The Morgan fingerprint density at radius 1 is 0.781 bits per heavy atom. The van der Waals surface area contributed by atoms with Crippen molar-refractivity contribution in [1.29, 1.82) is 0 Å². The summed E-state index contributed by atoms with van der Waals surface area (Å²) >= 11 is 5.22. The van der Waals surface area contributed by atoms with E-state index < -0.39 is 25.1 Å². The van der Waals surface area contributed by atoms with Gasteiger partial charge < -0.3 is 13.6 Å². The molecule has 0 unspecified atom stereocenters. The highest BCUT2D eigenvalue weighted by Crippen LogP contribution is 2.40. The molecule has 3 nitrogen and oxygen atoms in total. The molecule has 0 aliphatic carbocycles. The minimum atomic E-state index is -0.731. The average Bonchev–Trinajstić information content (AvgIpc) is 3.07. The first-order valence-corrected chi connectivity index (χ1v) is 15.5. The lowest BCUT2D eigenvalue weighted by Gasteiger charge is -2.37. The second-order valence-corrected chi connectivity index (χ2v) is 19.3. The van der Waals surface area contributed by atoms with Gasteiger partial charge in [0.1, 0.15) is 12.4 Å². The van der Waals surface area contributed by atoms with Crippen LogP contribution in [0.25, 0.3) is 0 Å². The van der Waals surface area contributed by atoms with Crippen LogP contribution in [0, 0.1) is 0 Å². The highest BCUT2D eigenvalue weighted by atomic mass is 79.9. The van der Waals surface area contributed by atoms with Crippen LogP contribution in [0.5, 0.6) is 5.75 Å². The minimum absolute atomic E-state index is 0.225. The molecule has 0 spiro atoms. The van der Waals surface area contributed by atoms with E-state index in [2.05, 4.69) is 115 Å². The van der Waals surface area contributed by atoms with Crippen LogP contribution in [0.15, 0.2) is 34.1 Å². The monoisotopic (exact) mass is 556 g/mol. The first-order valence-electron chi connectivity index (χ1n) is 11.3. The molecule has 0 fully saturated rings. The summed E-state index contributed by atoms with van der Waals surface area (Å²) in [7, 11) is -1.44. The highest BCUT2D eigenvalue weighted by Gasteiger charge is 2.34. The zero-order chi connectivity index (χ0) is 24.4. The quantitative estimate of drug-likeness (QED) is 0.305. The zero-order valence-corrected chi connectivity index (χ0v) is 26.7. The molecule has 1 heterocycles. The van der Waals surface area contributed by atoms with Gasteiger partial charge in [-0.25, -0.2) is 0 Å². The van der Waals surface area contributed by atoms with Crippen molar-refractivity contribution in [3.05, 3.63) is 50.1 Å². The summed E-state index contributed by atoms with van der Waals surface area (Å²) in [6.45, 7) is 22.9. The van der Waals surface area contributed by atoms with Crippen molar-refractivity contribution in [2.24, 2.45) is 0 Å². The summed E-state index contributed by atoms with van der Waals surface area (Å²) in [6, 6.07) is 8.52. The second-order valence-electron chi connectivity index (χ2n) is 11.9. The third-order valence-corrected chi connectivity index (χ3v) is 10.2. The molecule has 0 aliphatic rings. The fraction of sp³-hybridized carbons (Fsp3) is 0.600. The lowest BCUT2D eigenvalue weighted by atomic mass is 9.85. The van der Waals surface area contributed by atoms with E-state index in [1.807, 2.05) is 0 Å². The van der Waals surface area contributed by atoms with Crippen molar-refractivity contribution in [2.45, 2.75) is 97.1 Å². The van der Waals surface area contributed by atoms with Crippen molar-refractivity contribution < 1.29 is 13.6 Å². The van der Waals surface area contributed by atoms with E-state index >= 15 is 0 Å². The summed E-state index contributed by atoms with van der Waals surface area (Å²) in [4.78, 5) is 1.19. The van der Waals surface area contributed by atoms with Crippen molar-refractivity contribution in [3.63, 3.8) is 0 Å². The van der Waals surface area contributed by atoms with Crippen molar-refractivity contribution in [2.75, 3.05) is 0 Å². The Kier molecular flexibility index (Phi) is 9.07. The molecule has 0 bridgehead atoms. The van der Waals surface area contributed by atoms with Gasteiger partial charge in [-0.15, -0.1) is 11.3 Å². The Morgan fingerprint density at radius 2 is 1.31 bits per heavy atom. The predicted octanol–water partition coefficient (Wildman–Crippen LogP) is 7.20. The fourth-order valence-electron chi connectivity index (χ4n) is 3.17. The lowest BCUT2D eigenvalue weighted by molar-refractivity contribution is 0.0826. The van der Waals surface area contributed by atoms with Crippen LogP contribution < -0.4 is 4.74 Å². The molecule has 2 aromatic rings. The van der Waals surface area contributed by atoms with Crippen molar-refractivity contribution in [1.82, 2.24) is 0 Å². The minimum Gasteiger partial charge on any atom is -0.488 e. The molecule has 2 rings (SSSR count). The van der Waals surface area contributed by atoms with E-state index in [4.69, 9.17) is 13.6 Å². The third-order valence-electron chi connectivity index (χ3n) is 5.02. The van der Waals surface area contributed by atoms with Crippen LogP contribution in [-0.2, 0) is 26.7 Å². The second kappa shape index (κ2) is 10.4. The molecule has 0 N–H and O–H groups in total. The highest BCUT2D eigenvalue weighted by molar-refractivity contribution is 9.10. The van der Waals surface area contributed by atoms with Gasteiger partial charge >= 0.3 is 0 Å². The summed E-state index contributed by atoms with van der Waals surface area (Å²) in [6.07, 6.45) is 0. The molecular formula is C25H41BrO3SSi2. The summed E-state index contributed by atoms with van der Waals surface area (Å²) in [5.41, 5.74) is 1.56. The molecule has 7 heteroatoms. The maximum absolute atomic E-state index is 6.62. The molecule has 0 saturated carbocycles. The van der Waals surface area contributed by atoms with E-state index in [0.717, 1.165) is 15.8 Å². The Hall–Kier alpha value is -0.446. The SMILES string of the molecule is CC(C)(C)[SiH2]OC(C)(C)c1ccc(OCc2cc(Br)cs2)cc1C(C)(C)O[SiH2]C(C)(C)C. The molecule has 0 atom stereocenters. The number of benzene rings is 1. The summed E-state index contributed by atoms with van der Waals surface area (Å²) < 4.78 is 20.5. The van der Waals surface area contributed by atoms with Gasteiger partial charge in [-0.05, 0) is 83.0 Å². The van der Waals surface area contributed by atoms with E-state index in [9.17, 15) is 0 Å².